The molecule has 0 aliphatic heterocycles. The molecule has 0 radical (unpaired) electrons. The van der Waals surface area contributed by atoms with Crippen molar-refractivity contribution in [3.05, 3.63) is 59.1 Å². The molecule has 0 saturated carbocycles. The predicted octanol–water partition coefficient (Wildman–Crippen LogP) is 1.51. The molecule has 0 bridgehead atoms. The van der Waals surface area contributed by atoms with Crippen LogP contribution in [0.5, 0.6) is 0 Å². The first-order valence-corrected chi connectivity index (χ1v) is 11.5. The molecule has 0 saturated heterocycles. The van der Waals surface area contributed by atoms with E-state index in [9.17, 15) is 21.6 Å². The lowest BCUT2D eigenvalue weighted by Gasteiger charge is -2.07. The van der Waals surface area contributed by atoms with Crippen LogP contribution in [0.1, 0.15) is 12.0 Å². The summed E-state index contributed by atoms with van der Waals surface area (Å²) in [6.07, 6.45) is 0.315. The van der Waals surface area contributed by atoms with Crippen LogP contribution in [0.15, 0.2) is 58.3 Å². The van der Waals surface area contributed by atoms with E-state index in [1.807, 2.05) is 0 Å². The van der Waals surface area contributed by atoms with Gasteiger partial charge in [0.15, 0.2) is 9.84 Å². The Morgan fingerprint density at radius 2 is 1.48 bits per heavy atom. The van der Waals surface area contributed by atoms with Crippen molar-refractivity contribution < 1.29 is 21.6 Å². The topological polar surface area (TPSA) is 123 Å². The number of nitrogens with one attached hydrogen (secondary N) is 1. The molecule has 2 aromatic carbocycles. The number of benzene rings is 2. The number of primary sulfonamides is 1. The van der Waals surface area contributed by atoms with Crippen LogP contribution in [0, 0.1) is 0 Å². The lowest BCUT2D eigenvalue weighted by molar-refractivity contribution is -0.120. The maximum absolute atomic E-state index is 12.2. The molecule has 146 valence electrons. The van der Waals surface area contributed by atoms with E-state index in [-0.39, 0.29) is 27.9 Å². The molecular formula is C17H19ClN2O5S2. The van der Waals surface area contributed by atoms with Crippen molar-refractivity contribution in [3.63, 3.8) is 0 Å². The molecule has 0 unspecified atom stereocenters. The molecule has 0 aliphatic carbocycles. The second-order valence-corrected chi connectivity index (χ2v) is 9.92. The number of hydrogen-bond donors (Lipinski definition) is 2. The molecule has 7 nitrogen and oxygen atoms in total. The van der Waals surface area contributed by atoms with Gasteiger partial charge in [0.1, 0.15) is 0 Å². The molecule has 3 N–H and O–H groups in total. The lowest BCUT2D eigenvalue weighted by atomic mass is 10.1. The molecular weight excluding hydrogens is 412 g/mol. The van der Waals surface area contributed by atoms with Gasteiger partial charge in [-0.25, -0.2) is 22.0 Å². The van der Waals surface area contributed by atoms with Crippen molar-refractivity contribution in [2.75, 3.05) is 12.3 Å². The minimum Gasteiger partial charge on any atom is -0.356 e. The highest BCUT2D eigenvalue weighted by Gasteiger charge is 2.16. The Hall–Kier alpha value is -1.94. The second kappa shape index (κ2) is 8.83. The Morgan fingerprint density at radius 1 is 0.926 bits per heavy atom. The number of nitrogens with two attached hydrogens (primary N) is 1. The van der Waals surface area contributed by atoms with E-state index in [1.165, 1.54) is 36.4 Å². The number of carbonyl (C=O) groups is 1. The van der Waals surface area contributed by atoms with E-state index in [0.717, 1.165) is 5.56 Å². The first-order valence-electron chi connectivity index (χ1n) is 7.95. The monoisotopic (exact) mass is 430 g/mol. The third kappa shape index (κ3) is 6.62. The first kappa shape index (κ1) is 21.4. The van der Waals surface area contributed by atoms with Gasteiger partial charge in [-0.15, -0.1) is 0 Å². The van der Waals surface area contributed by atoms with Gasteiger partial charge in [0.05, 0.1) is 15.5 Å². The number of sulfone groups is 1. The number of sulfonamides is 1. The molecule has 2 aromatic rings. The summed E-state index contributed by atoms with van der Waals surface area (Å²) in [6, 6.07) is 11.8. The van der Waals surface area contributed by atoms with E-state index in [0.29, 0.717) is 18.0 Å². The van der Waals surface area contributed by atoms with E-state index >= 15 is 0 Å². The van der Waals surface area contributed by atoms with Gasteiger partial charge in [0.25, 0.3) is 0 Å². The fourth-order valence-electron chi connectivity index (χ4n) is 2.27. The van der Waals surface area contributed by atoms with Crippen LogP contribution in [0.2, 0.25) is 5.02 Å². The maximum Gasteiger partial charge on any atom is 0.238 e. The zero-order valence-corrected chi connectivity index (χ0v) is 16.6. The Labute approximate surface area is 163 Å². The molecule has 10 heteroatoms. The number of amides is 1. The molecule has 1 amide bonds. The third-order valence-electron chi connectivity index (χ3n) is 3.76. The number of rotatable bonds is 8. The van der Waals surface area contributed by atoms with Crippen LogP contribution < -0.4 is 10.5 Å². The average molecular weight is 431 g/mol. The first-order chi connectivity index (χ1) is 12.6. The zero-order chi connectivity index (χ0) is 20.1. The summed E-state index contributed by atoms with van der Waals surface area (Å²) in [7, 11) is -7.29. The lowest BCUT2D eigenvalue weighted by Crippen LogP contribution is -2.27. The van der Waals surface area contributed by atoms with Crippen molar-refractivity contribution >= 4 is 37.4 Å². The Balaban J connectivity index is 1.80. The Bertz CT molecular complexity index is 1000. The fraction of sp³-hybridized carbons (Fsp3) is 0.235. The molecule has 0 heterocycles. The van der Waals surface area contributed by atoms with Crippen LogP contribution in [-0.2, 0) is 31.1 Å². The highest BCUT2D eigenvalue weighted by Crippen LogP contribution is 2.16. The largest absolute Gasteiger partial charge is 0.356 e. The van der Waals surface area contributed by atoms with Gasteiger partial charge in [-0.05, 0) is 48.4 Å². The van der Waals surface area contributed by atoms with Crippen molar-refractivity contribution in [2.24, 2.45) is 5.14 Å². The molecule has 27 heavy (non-hydrogen) atoms. The van der Waals surface area contributed by atoms with Crippen molar-refractivity contribution in [1.29, 1.82) is 0 Å². The number of halogens is 1. The highest BCUT2D eigenvalue weighted by molar-refractivity contribution is 7.91. The minimum atomic E-state index is -3.73. The smallest absolute Gasteiger partial charge is 0.238 e. The van der Waals surface area contributed by atoms with Crippen LogP contribution in [0.4, 0.5) is 0 Å². The van der Waals surface area contributed by atoms with E-state index in [1.54, 1.807) is 12.1 Å². The normalized spacial score (nSPS) is 11.9. The van der Waals surface area contributed by atoms with Gasteiger partial charge >= 0.3 is 0 Å². The average Bonchev–Trinajstić information content (AvgIpc) is 2.60. The maximum atomic E-state index is 12.2. The van der Waals surface area contributed by atoms with Crippen LogP contribution in [0.25, 0.3) is 0 Å². The van der Waals surface area contributed by atoms with Gasteiger partial charge in [0, 0.05) is 18.0 Å². The second-order valence-electron chi connectivity index (χ2n) is 5.81. The van der Waals surface area contributed by atoms with Crippen molar-refractivity contribution in [3.8, 4) is 0 Å². The van der Waals surface area contributed by atoms with E-state index in [2.05, 4.69) is 5.32 Å². The van der Waals surface area contributed by atoms with Gasteiger partial charge in [0.2, 0.25) is 15.9 Å². The molecule has 2 rings (SSSR count). The quantitative estimate of drug-likeness (QED) is 0.656. The summed E-state index contributed by atoms with van der Waals surface area (Å²) < 4.78 is 46.7. The van der Waals surface area contributed by atoms with Crippen molar-refractivity contribution in [2.45, 2.75) is 22.6 Å². The molecule has 0 atom stereocenters. The van der Waals surface area contributed by atoms with E-state index in [4.69, 9.17) is 16.7 Å². The minimum absolute atomic E-state index is 0.0164. The number of hydrogen-bond acceptors (Lipinski definition) is 5. The molecule has 0 spiro atoms. The number of carbonyl (C=O) groups excluding carboxylic acids is 1. The van der Waals surface area contributed by atoms with Gasteiger partial charge in [-0.3, -0.25) is 4.79 Å². The summed E-state index contributed by atoms with van der Waals surface area (Å²) in [6.45, 7) is 0.300. The standard InChI is InChI=1S/C17H19ClN2O5S2/c18-14-3-7-15(8-4-14)26(22,23)12-10-17(21)20-11-9-13-1-5-16(6-2-13)27(19,24)25/h1-8H,9-12H2,(H,20,21)(H2,19,24,25). The van der Waals surface area contributed by atoms with Crippen LogP contribution in [0.3, 0.4) is 0 Å². The summed E-state index contributed by atoms with van der Waals surface area (Å²) in [5, 5.41) is 8.10. The predicted molar refractivity (Wildman–Crippen MR) is 103 cm³/mol. The van der Waals surface area contributed by atoms with Gasteiger partial charge in [-0.2, -0.15) is 0 Å². The Kier molecular flexibility index (Phi) is 6.99. The summed E-state index contributed by atoms with van der Waals surface area (Å²) in [5.74, 6) is -0.683. The van der Waals surface area contributed by atoms with E-state index < -0.39 is 19.9 Å². The summed E-state index contributed by atoms with van der Waals surface area (Å²) >= 11 is 5.73. The molecule has 0 fully saturated rings. The van der Waals surface area contributed by atoms with Gasteiger partial charge < -0.3 is 5.32 Å². The highest BCUT2D eigenvalue weighted by atomic mass is 35.5. The summed E-state index contributed by atoms with van der Waals surface area (Å²) in [4.78, 5) is 12.0. The Morgan fingerprint density at radius 3 is 2.04 bits per heavy atom. The third-order valence-corrected chi connectivity index (χ3v) is 6.67. The van der Waals surface area contributed by atoms with Crippen LogP contribution >= 0.6 is 11.6 Å². The molecule has 0 aromatic heterocycles. The zero-order valence-electron chi connectivity index (χ0n) is 14.3. The fourth-order valence-corrected chi connectivity index (χ4v) is 4.15. The summed E-state index contributed by atoms with van der Waals surface area (Å²) in [5.41, 5.74) is 0.816. The van der Waals surface area contributed by atoms with Gasteiger partial charge in [-0.1, -0.05) is 23.7 Å². The van der Waals surface area contributed by atoms with Crippen LogP contribution in [-0.4, -0.2) is 35.0 Å². The van der Waals surface area contributed by atoms with Crippen molar-refractivity contribution in [1.82, 2.24) is 5.32 Å². The SMILES string of the molecule is NS(=O)(=O)c1ccc(CCNC(=O)CCS(=O)(=O)c2ccc(Cl)cc2)cc1. The molecule has 0 aliphatic rings.